The van der Waals surface area contributed by atoms with Gasteiger partial charge in [-0.15, -0.1) is 0 Å². The van der Waals surface area contributed by atoms with Crippen LogP contribution in [0, 0.1) is 0 Å². The molecular formula is C12H15N3O4S2. The van der Waals surface area contributed by atoms with E-state index in [2.05, 4.69) is 0 Å². The van der Waals surface area contributed by atoms with Crippen LogP contribution in [0.15, 0.2) is 22.8 Å². The smallest absolute Gasteiger partial charge is 0.321 e. The molecule has 2 rings (SSSR count). The van der Waals surface area contributed by atoms with Crippen LogP contribution in [0.3, 0.4) is 0 Å². The molecule has 0 aliphatic carbocycles. The minimum atomic E-state index is -1.07. The lowest BCUT2D eigenvalue weighted by molar-refractivity contribution is -0.145. The van der Waals surface area contributed by atoms with Crippen molar-refractivity contribution in [2.45, 2.75) is 19.0 Å². The molecule has 7 nitrogen and oxygen atoms in total. The molecule has 1 aliphatic rings. The number of amides is 1. The molecule has 0 spiro atoms. The number of nitrogens with zero attached hydrogens (tertiary/aromatic N) is 2. The lowest BCUT2D eigenvalue weighted by Crippen LogP contribution is -2.52. The summed E-state index contributed by atoms with van der Waals surface area (Å²) in [4.78, 5) is 25.8. The molecule has 1 aromatic rings. The zero-order valence-electron chi connectivity index (χ0n) is 11.1. The Hall–Kier alpha value is -1.58. The molecule has 9 heteroatoms. The summed E-state index contributed by atoms with van der Waals surface area (Å²) in [6.07, 6.45) is 1.34. The van der Waals surface area contributed by atoms with Gasteiger partial charge in [-0.3, -0.25) is 14.5 Å². The van der Waals surface area contributed by atoms with Gasteiger partial charge in [0.05, 0.1) is 31.8 Å². The first-order valence-electron chi connectivity index (χ1n) is 6.16. The second kappa shape index (κ2) is 6.92. The number of nitrogens with two attached hydrogens (primary N) is 1. The molecule has 114 valence electrons. The number of primary amides is 1. The van der Waals surface area contributed by atoms with Crippen molar-refractivity contribution < 1.29 is 19.1 Å². The van der Waals surface area contributed by atoms with E-state index in [1.807, 2.05) is 11.0 Å². The summed E-state index contributed by atoms with van der Waals surface area (Å²) in [5.41, 5.74) is 5.12. The van der Waals surface area contributed by atoms with Gasteiger partial charge < -0.3 is 20.2 Å². The Balaban J connectivity index is 2.06. The predicted octanol–water partition coefficient (Wildman–Crippen LogP) is 0.659. The Morgan fingerprint density at radius 2 is 2.33 bits per heavy atom. The van der Waals surface area contributed by atoms with Gasteiger partial charge in [-0.25, -0.2) is 0 Å². The first-order chi connectivity index (χ1) is 9.97. The van der Waals surface area contributed by atoms with Crippen molar-refractivity contribution in [3.05, 3.63) is 24.2 Å². The van der Waals surface area contributed by atoms with Crippen molar-refractivity contribution in [3.63, 3.8) is 0 Å². The summed E-state index contributed by atoms with van der Waals surface area (Å²) in [5.74, 6) is -0.558. The van der Waals surface area contributed by atoms with Crippen LogP contribution in [0.25, 0.3) is 0 Å². The maximum absolute atomic E-state index is 11.3. The van der Waals surface area contributed by atoms with Crippen LogP contribution in [0.1, 0.15) is 12.2 Å². The first kappa shape index (κ1) is 15.8. The number of rotatable bonds is 6. The van der Waals surface area contributed by atoms with E-state index in [1.165, 1.54) is 11.8 Å². The van der Waals surface area contributed by atoms with Crippen LogP contribution in [-0.4, -0.2) is 49.7 Å². The monoisotopic (exact) mass is 329 g/mol. The number of thioether (sulfide) groups is 1. The molecule has 1 saturated heterocycles. The van der Waals surface area contributed by atoms with Crippen LogP contribution in [0.4, 0.5) is 0 Å². The van der Waals surface area contributed by atoms with E-state index in [0.717, 1.165) is 5.76 Å². The van der Waals surface area contributed by atoms with E-state index < -0.39 is 17.9 Å². The summed E-state index contributed by atoms with van der Waals surface area (Å²) < 4.78 is 5.94. The highest BCUT2D eigenvalue weighted by molar-refractivity contribution is 8.22. The average molecular weight is 329 g/mol. The van der Waals surface area contributed by atoms with Gasteiger partial charge in [0.15, 0.2) is 0 Å². The number of thiocarbonyl (C=S) groups is 1. The zero-order valence-corrected chi connectivity index (χ0v) is 12.7. The average Bonchev–Trinajstić information content (AvgIpc) is 2.91. The van der Waals surface area contributed by atoms with Gasteiger partial charge in [0.1, 0.15) is 16.1 Å². The third kappa shape index (κ3) is 4.19. The Morgan fingerprint density at radius 3 is 2.90 bits per heavy atom. The van der Waals surface area contributed by atoms with Crippen molar-refractivity contribution in [1.29, 1.82) is 0 Å². The summed E-state index contributed by atoms with van der Waals surface area (Å²) in [6.45, 7) is 0.773. The lowest BCUT2D eigenvalue weighted by Gasteiger charge is -2.38. The summed E-state index contributed by atoms with van der Waals surface area (Å²) in [5, 5.41) is 9.25. The number of furan rings is 1. The second-order valence-corrected chi connectivity index (χ2v) is 6.15. The molecule has 0 radical (unpaired) electrons. The van der Waals surface area contributed by atoms with Crippen LogP contribution in [-0.2, 0) is 16.1 Å². The van der Waals surface area contributed by atoms with E-state index in [4.69, 9.17) is 22.4 Å². The maximum atomic E-state index is 11.3. The standard InChI is InChI=1S/C12H15N3O4S2/c13-10(16)4-9(11(17)18)15-6-14(12(20)21-7-15)5-8-2-1-3-19-8/h1-3,9H,4-7H2,(H2,13,16)(H,17,18). The van der Waals surface area contributed by atoms with E-state index in [1.54, 1.807) is 17.2 Å². The van der Waals surface area contributed by atoms with Crippen LogP contribution in [0.2, 0.25) is 0 Å². The summed E-state index contributed by atoms with van der Waals surface area (Å²) in [6, 6.07) is 2.65. The van der Waals surface area contributed by atoms with Gasteiger partial charge in [-0.05, 0) is 12.1 Å². The quantitative estimate of drug-likeness (QED) is 0.734. The number of carbonyl (C=O) groups is 2. The lowest BCUT2D eigenvalue weighted by atomic mass is 10.2. The molecule has 1 amide bonds. The maximum Gasteiger partial charge on any atom is 0.321 e. The van der Waals surface area contributed by atoms with Crippen LogP contribution in [0.5, 0.6) is 0 Å². The largest absolute Gasteiger partial charge is 0.480 e. The van der Waals surface area contributed by atoms with Gasteiger partial charge in [-0.1, -0.05) is 24.0 Å². The molecule has 21 heavy (non-hydrogen) atoms. The molecule has 0 saturated carbocycles. The molecule has 1 unspecified atom stereocenters. The van der Waals surface area contributed by atoms with E-state index in [-0.39, 0.29) is 6.42 Å². The van der Waals surface area contributed by atoms with Gasteiger partial charge in [0, 0.05) is 0 Å². The molecular weight excluding hydrogens is 314 g/mol. The highest BCUT2D eigenvalue weighted by Crippen LogP contribution is 2.23. The Kier molecular flexibility index (Phi) is 5.21. The normalized spacial score (nSPS) is 17.7. The predicted molar refractivity (Wildman–Crippen MR) is 81.2 cm³/mol. The fourth-order valence-electron chi connectivity index (χ4n) is 2.00. The Morgan fingerprint density at radius 1 is 1.57 bits per heavy atom. The fourth-order valence-corrected chi connectivity index (χ4v) is 3.13. The molecule has 1 atom stereocenters. The van der Waals surface area contributed by atoms with E-state index >= 15 is 0 Å². The van der Waals surface area contributed by atoms with Crippen LogP contribution >= 0.6 is 24.0 Å². The summed E-state index contributed by atoms with van der Waals surface area (Å²) in [7, 11) is 0. The van der Waals surface area contributed by atoms with E-state index in [0.29, 0.717) is 23.4 Å². The highest BCUT2D eigenvalue weighted by Gasteiger charge is 2.32. The molecule has 1 fully saturated rings. The van der Waals surface area contributed by atoms with Gasteiger partial charge >= 0.3 is 5.97 Å². The van der Waals surface area contributed by atoms with Crippen LogP contribution < -0.4 is 5.73 Å². The highest BCUT2D eigenvalue weighted by atomic mass is 32.2. The third-order valence-electron chi connectivity index (χ3n) is 3.01. The Bertz CT molecular complexity index is 535. The number of hydrogen-bond acceptors (Lipinski definition) is 6. The van der Waals surface area contributed by atoms with Gasteiger partial charge in [-0.2, -0.15) is 0 Å². The van der Waals surface area contributed by atoms with Crippen molar-refractivity contribution in [3.8, 4) is 0 Å². The molecule has 1 aliphatic heterocycles. The number of aliphatic carboxylic acids is 1. The van der Waals surface area contributed by atoms with Gasteiger partial charge in [0.2, 0.25) is 5.91 Å². The number of carboxylic acid groups (broad SMARTS) is 1. The summed E-state index contributed by atoms with van der Waals surface area (Å²) >= 11 is 6.63. The van der Waals surface area contributed by atoms with Crippen molar-refractivity contribution in [2.75, 3.05) is 12.5 Å². The topological polar surface area (TPSA) is 100 Å². The third-order valence-corrected chi connectivity index (χ3v) is 4.59. The Labute approximate surface area is 131 Å². The second-order valence-electron chi connectivity index (χ2n) is 4.57. The van der Waals surface area contributed by atoms with Crippen molar-refractivity contribution in [1.82, 2.24) is 9.80 Å². The minimum absolute atomic E-state index is 0.225. The van der Waals surface area contributed by atoms with Crippen molar-refractivity contribution in [2.24, 2.45) is 5.73 Å². The zero-order chi connectivity index (χ0) is 15.4. The fraction of sp³-hybridized carbons (Fsp3) is 0.417. The number of carbonyl (C=O) groups excluding carboxylic acids is 1. The molecule has 3 N–H and O–H groups in total. The molecule has 1 aromatic heterocycles. The first-order valence-corrected chi connectivity index (χ1v) is 7.56. The minimum Gasteiger partial charge on any atom is -0.480 e. The molecule has 0 aromatic carbocycles. The van der Waals surface area contributed by atoms with E-state index in [9.17, 15) is 14.7 Å². The number of hydrogen-bond donors (Lipinski definition) is 2. The number of carboxylic acids is 1. The molecule has 2 heterocycles. The van der Waals surface area contributed by atoms with Crippen molar-refractivity contribution >= 4 is 40.2 Å². The van der Waals surface area contributed by atoms with Gasteiger partial charge in [0.25, 0.3) is 0 Å². The SMILES string of the molecule is NC(=O)CC(C(=O)O)N1CSC(=S)N(Cc2ccco2)C1. The molecule has 0 bridgehead atoms.